The average Bonchev–Trinajstić information content (AvgIpc) is 3.01. The van der Waals surface area contributed by atoms with Gasteiger partial charge in [-0.05, 0) is 44.6 Å². The van der Waals surface area contributed by atoms with E-state index in [1.165, 1.54) is 51.1 Å². The first-order valence-corrected chi connectivity index (χ1v) is 8.55. The zero-order valence-corrected chi connectivity index (χ0v) is 14.1. The molecule has 0 amide bonds. The summed E-state index contributed by atoms with van der Waals surface area (Å²) in [6.45, 7) is 6.97. The van der Waals surface area contributed by atoms with Gasteiger partial charge in [0.05, 0.1) is 0 Å². The summed E-state index contributed by atoms with van der Waals surface area (Å²) in [6.07, 6.45) is 6.15. The Balaban J connectivity index is 1.41. The maximum atomic E-state index is 4.28. The van der Waals surface area contributed by atoms with Crippen LogP contribution in [0.4, 0.5) is 0 Å². The molecule has 0 aliphatic carbocycles. The van der Waals surface area contributed by atoms with E-state index in [0.717, 1.165) is 12.2 Å². The van der Waals surface area contributed by atoms with E-state index < -0.39 is 0 Å². The fraction of sp³-hybridized carbons (Fsp3) is 0.647. The van der Waals surface area contributed by atoms with Crippen molar-refractivity contribution in [2.24, 2.45) is 0 Å². The largest absolute Gasteiger partial charge is 0.303 e. The third-order valence-electron chi connectivity index (χ3n) is 5.73. The molecule has 2 aliphatic rings. The lowest BCUT2D eigenvalue weighted by atomic mass is 9.84. The molecular formula is C17H26N6. The molecule has 4 heterocycles. The lowest BCUT2D eigenvalue weighted by molar-refractivity contribution is -0.0205. The molecule has 0 N–H and O–H groups in total. The van der Waals surface area contributed by atoms with Crippen molar-refractivity contribution in [1.82, 2.24) is 29.3 Å². The summed E-state index contributed by atoms with van der Waals surface area (Å²) >= 11 is 0. The van der Waals surface area contributed by atoms with Crippen LogP contribution in [0.3, 0.4) is 0 Å². The summed E-state index contributed by atoms with van der Waals surface area (Å²) in [4.78, 5) is 12.0. The first-order chi connectivity index (χ1) is 11.1. The number of hydrogen-bond donors (Lipinski definition) is 0. The quantitative estimate of drug-likeness (QED) is 0.825. The Labute approximate surface area is 137 Å². The van der Waals surface area contributed by atoms with E-state index in [-0.39, 0.29) is 0 Å². The maximum Gasteiger partial charge on any atom is 0.155 e. The van der Waals surface area contributed by atoms with Gasteiger partial charge in [-0.25, -0.2) is 9.50 Å². The van der Waals surface area contributed by atoms with Gasteiger partial charge in [-0.2, -0.15) is 5.10 Å². The maximum absolute atomic E-state index is 4.28. The Kier molecular flexibility index (Phi) is 3.83. The molecule has 0 atom stereocenters. The van der Waals surface area contributed by atoms with E-state index >= 15 is 0 Å². The van der Waals surface area contributed by atoms with E-state index in [1.807, 2.05) is 10.7 Å². The van der Waals surface area contributed by atoms with Gasteiger partial charge >= 0.3 is 0 Å². The Morgan fingerprint density at radius 1 is 1.13 bits per heavy atom. The molecule has 0 radical (unpaired) electrons. The monoisotopic (exact) mass is 314 g/mol. The predicted molar refractivity (Wildman–Crippen MR) is 90.4 cm³/mol. The van der Waals surface area contributed by atoms with E-state index in [0.29, 0.717) is 5.54 Å². The van der Waals surface area contributed by atoms with Gasteiger partial charge in [0.25, 0.3) is 0 Å². The first kappa shape index (κ1) is 15.1. The molecule has 0 saturated carbocycles. The van der Waals surface area contributed by atoms with Gasteiger partial charge in [0.2, 0.25) is 0 Å². The Morgan fingerprint density at radius 3 is 2.78 bits per heavy atom. The lowest BCUT2D eigenvalue weighted by Gasteiger charge is -2.52. The highest BCUT2D eigenvalue weighted by Crippen LogP contribution is 2.31. The molecule has 1 spiro atoms. The molecular weight excluding hydrogens is 288 g/mol. The number of fused-ring (bicyclic) bond motifs is 1. The van der Waals surface area contributed by atoms with Crippen LogP contribution in [0.5, 0.6) is 0 Å². The minimum Gasteiger partial charge on any atom is -0.303 e. The van der Waals surface area contributed by atoms with Crippen molar-refractivity contribution in [3.05, 3.63) is 30.2 Å². The summed E-state index contributed by atoms with van der Waals surface area (Å²) in [7, 11) is 4.57. The smallest absolute Gasteiger partial charge is 0.155 e. The molecule has 2 saturated heterocycles. The molecule has 124 valence electrons. The van der Waals surface area contributed by atoms with Crippen molar-refractivity contribution in [3.63, 3.8) is 0 Å². The highest BCUT2D eigenvalue weighted by Gasteiger charge is 2.41. The van der Waals surface area contributed by atoms with Crippen LogP contribution in [0.2, 0.25) is 0 Å². The van der Waals surface area contributed by atoms with Crippen molar-refractivity contribution in [1.29, 1.82) is 0 Å². The molecule has 0 bridgehead atoms. The van der Waals surface area contributed by atoms with Gasteiger partial charge in [0, 0.05) is 51.0 Å². The second kappa shape index (κ2) is 5.85. The third-order valence-corrected chi connectivity index (χ3v) is 5.73. The SMILES string of the molecule is CN1CCN(C)C2(CCN(Cc3ccn4ncnc4c3)CC2)C1. The fourth-order valence-corrected chi connectivity index (χ4v) is 4.14. The summed E-state index contributed by atoms with van der Waals surface area (Å²) in [5.74, 6) is 0. The zero-order valence-electron chi connectivity index (χ0n) is 14.1. The van der Waals surface area contributed by atoms with Crippen molar-refractivity contribution >= 4 is 5.65 Å². The molecule has 4 rings (SSSR count). The normalized spacial score (nSPS) is 23.7. The predicted octanol–water partition coefficient (Wildman–Crippen LogP) is 0.941. The van der Waals surface area contributed by atoms with Crippen LogP contribution in [-0.2, 0) is 6.54 Å². The van der Waals surface area contributed by atoms with E-state index in [2.05, 4.69) is 51.0 Å². The molecule has 2 aromatic heterocycles. The number of rotatable bonds is 2. The summed E-state index contributed by atoms with van der Waals surface area (Å²) in [6, 6.07) is 4.31. The van der Waals surface area contributed by atoms with Crippen LogP contribution in [0.15, 0.2) is 24.7 Å². The number of likely N-dealkylation sites (N-methyl/N-ethyl adjacent to an activating group) is 2. The minimum atomic E-state index is 0.389. The molecule has 23 heavy (non-hydrogen) atoms. The van der Waals surface area contributed by atoms with E-state index in [9.17, 15) is 0 Å². The average molecular weight is 314 g/mol. The van der Waals surface area contributed by atoms with Crippen molar-refractivity contribution in [3.8, 4) is 0 Å². The van der Waals surface area contributed by atoms with E-state index in [1.54, 1.807) is 6.33 Å². The van der Waals surface area contributed by atoms with Crippen molar-refractivity contribution in [2.45, 2.75) is 24.9 Å². The second-order valence-corrected chi connectivity index (χ2v) is 7.26. The third kappa shape index (κ3) is 2.86. The minimum absolute atomic E-state index is 0.389. The molecule has 0 aromatic carbocycles. The number of piperidine rings is 1. The first-order valence-electron chi connectivity index (χ1n) is 8.55. The number of pyridine rings is 1. The molecule has 0 unspecified atom stereocenters. The van der Waals surface area contributed by atoms with Crippen LogP contribution in [-0.4, -0.2) is 81.7 Å². The molecule has 6 heteroatoms. The van der Waals surface area contributed by atoms with E-state index in [4.69, 9.17) is 0 Å². The highest BCUT2D eigenvalue weighted by molar-refractivity contribution is 5.39. The van der Waals surface area contributed by atoms with Crippen molar-refractivity contribution in [2.75, 3.05) is 46.8 Å². The molecule has 2 fully saturated rings. The summed E-state index contributed by atoms with van der Waals surface area (Å²) in [5, 5.41) is 4.16. The fourth-order valence-electron chi connectivity index (χ4n) is 4.14. The van der Waals surface area contributed by atoms with Crippen molar-refractivity contribution < 1.29 is 0 Å². The van der Waals surface area contributed by atoms with Crippen LogP contribution < -0.4 is 0 Å². The number of likely N-dealkylation sites (tertiary alicyclic amines) is 1. The van der Waals surface area contributed by atoms with Gasteiger partial charge in [0.15, 0.2) is 5.65 Å². The standard InChI is InChI=1S/C17H26N6/c1-20-9-10-21(2)17(13-20)4-7-22(8-5-17)12-15-3-6-23-16(11-15)18-14-19-23/h3,6,11,14H,4-5,7-10,12-13H2,1-2H3. The van der Waals surface area contributed by atoms with Crippen LogP contribution >= 0.6 is 0 Å². The van der Waals surface area contributed by atoms with Gasteiger partial charge in [-0.1, -0.05) is 0 Å². The number of hydrogen-bond acceptors (Lipinski definition) is 5. The summed E-state index contributed by atoms with van der Waals surface area (Å²) < 4.78 is 1.82. The topological polar surface area (TPSA) is 39.9 Å². The number of aromatic nitrogens is 3. The Bertz CT molecular complexity index is 673. The van der Waals surface area contributed by atoms with Crippen LogP contribution in [0.25, 0.3) is 5.65 Å². The van der Waals surface area contributed by atoms with Gasteiger partial charge in [-0.3, -0.25) is 9.80 Å². The Morgan fingerprint density at radius 2 is 1.96 bits per heavy atom. The molecule has 2 aromatic rings. The Hall–Kier alpha value is -1.50. The molecule has 6 nitrogen and oxygen atoms in total. The van der Waals surface area contributed by atoms with Crippen LogP contribution in [0, 0.1) is 0 Å². The second-order valence-electron chi connectivity index (χ2n) is 7.26. The van der Waals surface area contributed by atoms with Gasteiger partial charge in [-0.15, -0.1) is 0 Å². The zero-order chi connectivity index (χ0) is 15.9. The molecule has 2 aliphatic heterocycles. The lowest BCUT2D eigenvalue weighted by Crippen LogP contribution is -2.63. The summed E-state index contributed by atoms with van der Waals surface area (Å²) in [5.41, 5.74) is 2.65. The van der Waals surface area contributed by atoms with Gasteiger partial charge < -0.3 is 4.90 Å². The van der Waals surface area contributed by atoms with Gasteiger partial charge in [0.1, 0.15) is 6.33 Å². The van der Waals surface area contributed by atoms with Crippen LogP contribution in [0.1, 0.15) is 18.4 Å². The number of piperazine rings is 1. The highest BCUT2D eigenvalue weighted by atomic mass is 15.3. The number of nitrogens with zero attached hydrogens (tertiary/aromatic N) is 6.